The maximum absolute atomic E-state index is 11.4. The van der Waals surface area contributed by atoms with Crippen molar-refractivity contribution in [2.24, 2.45) is 0 Å². The summed E-state index contributed by atoms with van der Waals surface area (Å²) in [5.74, 6) is 0.151. The van der Waals surface area contributed by atoms with Crippen molar-refractivity contribution in [2.45, 2.75) is 19.9 Å². The largest absolute Gasteiger partial charge is 0.336 e. The molecule has 1 fully saturated rings. The minimum absolute atomic E-state index is 0.151. The normalized spacial score (nSPS) is 17.2. The molecule has 0 atom stereocenters. The number of likely N-dealkylation sites (N-methyl/N-ethyl adjacent to an activating group) is 1. The van der Waals surface area contributed by atoms with Crippen LogP contribution in [0.5, 0.6) is 0 Å². The Morgan fingerprint density at radius 3 is 2.31 bits per heavy atom. The molecule has 0 aromatic rings. The van der Waals surface area contributed by atoms with E-state index in [9.17, 15) is 4.79 Å². The van der Waals surface area contributed by atoms with Gasteiger partial charge in [-0.05, 0) is 27.9 Å². The first kappa shape index (κ1) is 10.3. The predicted molar refractivity (Wildman–Crippen MR) is 53.5 cm³/mol. The van der Waals surface area contributed by atoms with Gasteiger partial charge in [-0.25, -0.2) is 0 Å². The molecule has 0 aromatic carbocycles. The number of carbonyl (C=O) groups excluding carboxylic acids is 1. The summed E-state index contributed by atoms with van der Waals surface area (Å²) in [5.41, 5.74) is 1.07. The molecule has 1 heterocycles. The SMILES string of the molecule is CC(C)=CC(=O)N1CC(N(C)C)C1. The highest BCUT2D eigenvalue weighted by molar-refractivity contribution is 5.88. The fraction of sp³-hybridized carbons (Fsp3) is 0.700. The molecule has 0 radical (unpaired) electrons. The Labute approximate surface area is 80.0 Å². The van der Waals surface area contributed by atoms with Crippen molar-refractivity contribution < 1.29 is 4.79 Å². The molecule has 0 N–H and O–H groups in total. The van der Waals surface area contributed by atoms with Gasteiger partial charge in [-0.2, -0.15) is 0 Å². The van der Waals surface area contributed by atoms with Gasteiger partial charge in [0.05, 0.1) is 0 Å². The monoisotopic (exact) mass is 182 g/mol. The van der Waals surface area contributed by atoms with Crippen molar-refractivity contribution in [3.63, 3.8) is 0 Å². The van der Waals surface area contributed by atoms with Crippen LogP contribution < -0.4 is 0 Å². The molecule has 1 saturated heterocycles. The lowest BCUT2D eigenvalue weighted by Crippen LogP contribution is -2.58. The van der Waals surface area contributed by atoms with Gasteiger partial charge in [-0.1, -0.05) is 5.57 Å². The molecule has 0 aliphatic carbocycles. The lowest BCUT2D eigenvalue weighted by atomic mass is 10.1. The van der Waals surface area contributed by atoms with Crippen molar-refractivity contribution in [1.82, 2.24) is 9.80 Å². The van der Waals surface area contributed by atoms with E-state index in [-0.39, 0.29) is 5.91 Å². The van der Waals surface area contributed by atoms with Crippen LogP contribution in [0.3, 0.4) is 0 Å². The first-order valence-electron chi connectivity index (χ1n) is 4.61. The Balaban J connectivity index is 2.36. The molecule has 3 nitrogen and oxygen atoms in total. The summed E-state index contributed by atoms with van der Waals surface area (Å²) in [4.78, 5) is 15.5. The highest BCUT2D eigenvalue weighted by atomic mass is 16.2. The number of nitrogens with zero attached hydrogens (tertiary/aromatic N) is 2. The summed E-state index contributed by atoms with van der Waals surface area (Å²) in [6.07, 6.45) is 1.70. The molecule has 1 amide bonds. The molecule has 1 aliphatic heterocycles. The van der Waals surface area contributed by atoms with Gasteiger partial charge in [0.1, 0.15) is 0 Å². The molecule has 1 rings (SSSR count). The Kier molecular flexibility index (Phi) is 3.09. The van der Waals surface area contributed by atoms with Gasteiger partial charge in [-0.3, -0.25) is 4.79 Å². The number of likely N-dealkylation sites (tertiary alicyclic amines) is 1. The summed E-state index contributed by atoms with van der Waals surface area (Å²) >= 11 is 0. The molecule has 13 heavy (non-hydrogen) atoms. The first-order valence-corrected chi connectivity index (χ1v) is 4.61. The summed E-state index contributed by atoms with van der Waals surface area (Å²) in [5, 5.41) is 0. The van der Waals surface area contributed by atoms with Crippen molar-refractivity contribution >= 4 is 5.91 Å². The van der Waals surface area contributed by atoms with Crippen molar-refractivity contribution in [3.05, 3.63) is 11.6 Å². The van der Waals surface area contributed by atoms with E-state index in [1.54, 1.807) is 6.08 Å². The zero-order valence-corrected chi connectivity index (χ0v) is 8.87. The third-order valence-corrected chi connectivity index (χ3v) is 2.32. The molecular formula is C10H18N2O. The molecule has 0 saturated carbocycles. The molecular weight excluding hydrogens is 164 g/mol. The summed E-state index contributed by atoms with van der Waals surface area (Å²) in [7, 11) is 4.10. The van der Waals surface area contributed by atoms with Crippen molar-refractivity contribution in [2.75, 3.05) is 27.2 Å². The van der Waals surface area contributed by atoms with Gasteiger partial charge >= 0.3 is 0 Å². The topological polar surface area (TPSA) is 23.6 Å². The van der Waals surface area contributed by atoms with E-state index in [1.807, 2.05) is 32.8 Å². The molecule has 1 aliphatic rings. The van der Waals surface area contributed by atoms with Crippen LogP contribution in [-0.4, -0.2) is 48.9 Å². The molecule has 3 heteroatoms. The van der Waals surface area contributed by atoms with Crippen LogP contribution in [0.1, 0.15) is 13.8 Å². The van der Waals surface area contributed by atoms with Gasteiger partial charge < -0.3 is 9.80 Å². The van der Waals surface area contributed by atoms with Crippen molar-refractivity contribution in [3.8, 4) is 0 Å². The fourth-order valence-corrected chi connectivity index (χ4v) is 1.30. The third kappa shape index (κ3) is 2.56. The second-order valence-electron chi connectivity index (χ2n) is 4.08. The van der Waals surface area contributed by atoms with E-state index in [4.69, 9.17) is 0 Å². The molecule has 0 unspecified atom stereocenters. The zero-order chi connectivity index (χ0) is 10.0. The number of carbonyl (C=O) groups is 1. The zero-order valence-electron chi connectivity index (χ0n) is 8.87. The second-order valence-corrected chi connectivity index (χ2v) is 4.08. The average Bonchev–Trinajstić information content (AvgIpc) is 1.79. The van der Waals surface area contributed by atoms with Crippen LogP contribution in [0, 0.1) is 0 Å². The minimum atomic E-state index is 0.151. The second kappa shape index (κ2) is 3.92. The van der Waals surface area contributed by atoms with Gasteiger partial charge in [0.15, 0.2) is 0 Å². The number of rotatable bonds is 2. The predicted octanol–water partition coefficient (Wildman–Crippen LogP) is 0.725. The summed E-state index contributed by atoms with van der Waals surface area (Å²) in [6, 6.07) is 0.550. The standard InChI is InChI=1S/C10H18N2O/c1-8(2)5-10(13)12-6-9(7-12)11(3)4/h5,9H,6-7H2,1-4H3. The highest BCUT2D eigenvalue weighted by Gasteiger charge is 2.30. The van der Waals surface area contributed by atoms with E-state index < -0.39 is 0 Å². The third-order valence-electron chi connectivity index (χ3n) is 2.32. The Morgan fingerprint density at radius 1 is 1.38 bits per heavy atom. The van der Waals surface area contributed by atoms with E-state index in [0.29, 0.717) is 6.04 Å². The van der Waals surface area contributed by atoms with E-state index in [1.165, 1.54) is 0 Å². The highest BCUT2D eigenvalue weighted by Crippen LogP contribution is 2.12. The maximum atomic E-state index is 11.4. The van der Waals surface area contributed by atoms with Gasteiger partial charge in [0.2, 0.25) is 5.91 Å². The molecule has 0 spiro atoms. The first-order chi connectivity index (χ1) is 6.00. The summed E-state index contributed by atoms with van der Waals surface area (Å²) < 4.78 is 0. The van der Waals surface area contributed by atoms with Crippen molar-refractivity contribution in [1.29, 1.82) is 0 Å². The lowest BCUT2D eigenvalue weighted by molar-refractivity contribution is -0.132. The smallest absolute Gasteiger partial charge is 0.246 e. The minimum Gasteiger partial charge on any atom is -0.336 e. The Hall–Kier alpha value is -0.830. The molecule has 0 aromatic heterocycles. The lowest BCUT2D eigenvalue weighted by Gasteiger charge is -2.42. The molecule has 0 bridgehead atoms. The van der Waals surface area contributed by atoms with E-state index in [0.717, 1.165) is 18.7 Å². The van der Waals surface area contributed by atoms with Gasteiger partial charge in [0.25, 0.3) is 0 Å². The number of hydrogen-bond acceptors (Lipinski definition) is 2. The maximum Gasteiger partial charge on any atom is 0.246 e. The van der Waals surface area contributed by atoms with E-state index >= 15 is 0 Å². The van der Waals surface area contributed by atoms with Gasteiger partial charge in [-0.15, -0.1) is 0 Å². The van der Waals surface area contributed by atoms with Crippen LogP contribution >= 0.6 is 0 Å². The Morgan fingerprint density at radius 2 is 1.92 bits per heavy atom. The van der Waals surface area contributed by atoms with Crippen LogP contribution in [0.2, 0.25) is 0 Å². The fourth-order valence-electron chi connectivity index (χ4n) is 1.30. The number of allylic oxidation sites excluding steroid dienone is 1. The quantitative estimate of drug-likeness (QED) is 0.588. The van der Waals surface area contributed by atoms with Crippen LogP contribution in [0.4, 0.5) is 0 Å². The van der Waals surface area contributed by atoms with Gasteiger partial charge in [0, 0.05) is 25.2 Å². The number of amides is 1. The average molecular weight is 182 g/mol. The van der Waals surface area contributed by atoms with E-state index in [2.05, 4.69) is 4.90 Å². The molecule has 74 valence electrons. The van der Waals surface area contributed by atoms with Crippen LogP contribution in [0.15, 0.2) is 11.6 Å². The van der Waals surface area contributed by atoms with Crippen LogP contribution in [0.25, 0.3) is 0 Å². The summed E-state index contributed by atoms with van der Waals surface area (Å²) in [6.45, 7) is 5.63. The van der Waals surface area contributed by atoms with Crippen LogP contribution in [-0.2, 0) is 4.79 Å². The number of hydrogen-bond donors (Lipinski definition) is 0. The Bertz CT molecular complexity index is 223.